The fraction of sp³-hybridized carbons (Fsp3) is 0.417. The predicted molar refractivity (Wildman–Crippen MR) is 116 cm³/mol. The van der Waals surface area contributed by atoms with Gasteiger partial charge in [-0.3, -0.25) is 9.59 Å². The van der Waals surface area contributed by atoms with Crippen LogP contribution in [0.25, 0.3) is 0 Å². The highest BCUT2D eigenvalue weighted by atomic mass is 19.1. The summed E-state index contributed by atoms with van der Waals surface area (Å²) in [6.07, 6.45) is 6.18. The monoisotopic (exact) mass is 427 g/mol. The number of carbonyl (C=O) groups excluding carboxylic acids is 2. The van der Waals surface area contributed by atoms with Crippen molar-refractivity contribution in [2.75, 3.05) is 23.3 Å². The van der Waals surface area contributed by atoms with Gasteiger partial charge in [0.15, 0.2) is 0 Å². The second-order valence-electron chi connectivity index (χ2n) is 8.36. The lowest BCUT2D eigenvalue weighted by Gasteiger charge is -2.31. The van der Waals surface area contributed by atoms with Crippen molar-refractivity contribution < 1.29 is 18.4 Å². The molecule has 1 saturated heterocycles. The van der Waals surface area contributed by atoms with Gasteiger partial charge in [0.25, 0.3) is 5.91 Å². The number of anilines is 2. The Kier molecular flexibility index (Phi) is 6.49. The molecule has 0 unspecified atom stereocenters. The molecule has 1 saturated carbocycles. The highest BCUT2D eigenvalue weighted by Gasteiger charge is 2.26. The van der Waals surface area contributed by atoms with Gasteiger partial charge in [0.05, 0.1) is 11.3 Å². The molecule has 2 aromatic carbocycles. The molecule has 0 atom stereocenters. The first-order valence-corrected chi connectivity index (χ1v) is 10.9. The second kappa shape index (κ2) is 9.45. The Morgan fingerprint density at radius 1 is 0.935 bits per heavy atom. The first-order valence-electron chi connectivity index (χ1n) is 10.9. The standard InChI is InChI=1S/C24H27F2N3O2/c25-18-11-16(12-19(26)13-18)15-27-24(31)21-8-7-20(28-23(30)17-5-4-6-17)14-22(21)29-9-2-1-3-10-29/h7-8,11-14,17H,1-6,9-10,15H2,(H,27,31)(H,28,30). The van der Waals surface area contributed by atoms with Gasteiger partial charge in [0.2, 0.25) is 5.91 Å². The van der Waals surface area contributed by atoms with Crippen LogP contribution in [0.2, 0.25) is 0 Å². The number of rotatable bonds is 6. The van der Waals surface area contributed by atoms with E-state index in [2.05, 4.69) is 15.5 Å². The zero-order valence-electron chi connectivity index (χ0n) is 17.4. The van der Waals surface area contributed by atoms with E-state index in [0.29, 0.717) is 16.8 Å². The lowest BCUT2D eigenvalue weighted by atomic mass is 9.85. The topological polar surface area (TPSA) is 61.4 Å². The minimum Gasteiger partial charge on any atom is -0.371 e. The van der Waals surface area contributed by atoms with Crippen molar-refractivity contribution in [3.63, 3.8) is 0 Å². The average Bonchev–Trinajstić information content (AvgIpc) is 2.70. The van der Waals surface area contributed by atoms with Crippen molar-refractivity contribution >= 4 is 23.2 Å². The zero-order valence-corrected chi connectivity index (χ0v) is 17.4. The lowest BCUT2D eigenvalue weighted by Crippen LogP contribution is -2.33. The Labute approximate surface area is 180 Å². The fourth-order valence-electron chi connectivity index (χ4n) is 4.10. The van der Waals surface area contributed by atoms with Gasteiger partial charge in [-0.15, -0.1) is 0 Å². The third kappa shape index (κ3) is 5.21. The third-order valence-corrected chi connectivity index (χ3v) is 6.06. The molecule has 0 bridgehead atoms. The van der Waals surface area contributed by atoms with Crippen LogP contribution in [0.4, 0.5) is 20.2 Å². The quantitative estimate of drug-likeness (QED) is 0.707. The molecule has 0 aromatic heterocycles. The van der Waals surface area contributed by atoms with Crippen LogP contribution in [-0.4, -0.2) is 24.9 Å². The number of halogens is 2. The maximum atomic E-state index is 13.4. The molecule has 1 aliphatic heterocycles. The summed E-state index contributed by atoms with van der Waals surface area (Å²) in [5.74, 6) is -1.56. The summed E-state index contributed by atoms with van der Waals surface area (Å²) < 4.78 is 26.8. The van der Waals surface area contributed by atoms with Gasteiger partial charge in [-0.05, 0) is 68.0 Å². The van der Waals surface area contributed by atoms with Crippen LogP contribution in [0.1, 0.15) is 54.4 Å². The molecule has 1 heterocycles. The fourth-order valence-corrected chi connectivity index (χ4v) is 4.10. The zero-order chi connectivity index (χ0) is 21.8. The molecule has 164 valence electrons. The van der Waals surface area contributed by atoms with E-state index >= 15 is 0 Å². The average molecular weight is 427 g/mol. The summed E-state index contributed by atoms with van der Waals surface area (Å²) in [6, 6.07) is 8.51. The summed E-state index contributed by atoms with van der Waals surface area (Å²) in [6.45, 7) is 1.71. The number of carbonyl (C=O) groups is 2. The molecule has 2 aliphatic rings. The number of benzene rings is 2. The van der Waals surface area contributed by atoms with E-state index in [9.17, 15) is 18.4 Å². The molecule has 2 aromatic rings. The first kappa shape index (κ1) is 21.3. The van der Waals surface area contributed by atoms with Crippen molar-refractivity contribution in [3.05, 3.63) is 59.2 Å². The van der Waals surface area contributed by atoms with Crippen molar-refractivity contribution in [1.29, 1.82) is 0 Å². The molecule has 0 radical (unpaired) electrons. The first-order chi connectivity index (χ1) is 15.0. The van der Waals surface area contributed by atoms with Crippen LogP contribution >= 0.6 is 0 Å². The molecule has 4 rings (SSSR count). The number of piperidine rings is 1. The highest BCUT2D eigenvalue weighted by molar-refractivity contribution is 6.01. The normalized spacial score (nSPS) is 16.5. The molecular formula is C24H27F2N3O2. The molecule has 2 fully saturated rings. The van der Waals surface area contributed by atoms with Crippen molar-refractivity contribution in [2.45, 2.75) is 45.1 Å². The van der Waals surface area contributed by atoms with Crippen LogP contribution in [-0.2, 0) is 11.3 Å². The van der Waals surface area contributed by atoms with E-state index in [1.165, 1.54) is 12.1 Å². The van der Waals surface area contributed by atoms with Crippen LogP contribution < -0.4 is 15.5 Å². The summed E-state index contributed by atoms with van der Waals surface area (Å²) in [4.78, 5) is 27.5. The van der Waals surface area contributed by atoms with Gasteiger partial charge in [0, 0.05) is 37.3 Å². The van der Waals surface area contributed by atoms with Crippen LogP contribution in [0.15, 0.2) is 36.4 Å². The van der Waals surface area contributed by atoms with Gasteiger partial charge in [0.1, 0.15) is 11.6 Å². The SMILES string of the molecule is O=C(NCc1cc(F)cc(F)c1)c1ccc(NC(=O)C2CCC2)cc1N1CCCCC1. The Bertz CT molecular complexity index is 949. The van der Waals surface area contributed by atoms with E-state index in [0.717, 1.165) is 63.4 Å². The predicted octanol–water partition coefficient (Wildman–Crippen LogP) is 4.62. The summed E-state index contributed by atoms with van der Waals surface area (Å²) in [7, 11) is 0. The lowest BCUT2D eigenvalue weighted by molar-refractivity contribution is -0.122. The van der Waals surface area contributed by atoms with Gasteiger partial charge in [-0.2, -0.15) is 0 Å². The number of hydrogen-bond donors (Lipinski definition) is 2. The van der Waals surface area contributed by atoms with Crippen LogP contribution in [0.3, 0.4) is 0 Å². The molecule has 2 N–H and O–H groups in total. The van der Waals surface area contributed by atoms with Crippen LogP contribution in [0.5, 0.6) is 0 Å². The Balaban J connectivity index is 1.52. The van der Waals surface area contributed by atoms with Gasteiger partial charge < -0.3 is 15.5 Å². The summed E-state index contributed by atoms with van der Waals surface area (Å²) >= 11 is 0. The highest BCUT2D eigenvalue weighted by Crippen LogP contribution is 2.31. The minimum absolute atomic E-state index is 0.0210. The summed E-state index contributed by atoms with van der Waals surface area (Å²) in [5.41, 5.74) is 2.30. The Hall–Kier alpha value is -2.96. The molecule has 31 heavy (non-hydrogen) atoms. The van der Waals surface area contributed by atoms with Crippen molar-refractivity contribution in [3.8, 4) is 0 Å². The molecule has 7 heteroatoms. The van der Waals surface area contributed by atoms with E-state index in [1.807, 2.05) is 6.07 Å². The minimum atomic E-state index is -0.676. The van der Waals surface area contributed by atoms with E-state index < -0.39 is 11.6 Å². The molecule has 0 spiro atoms. The maximum absolute atomic E-state index is 13.4. The van der Waals surface area contributed by atoms with Crippen LogP contribution in [0, 0.1) is 17.6 Å². The van der Waals surface area contributed by atoms with E-state index in [1.54, 1.807) is 12.1 Å². The Morgan fingerprint density at radius 3 is 2.29 bits per heavy atom. The summed E-state index contributed by atoms with van der Waals surface area (Å²) in [5, 5.41) is 5.74. The number of nitrogens with zero attached hydrogens (tertiary/aromatic N) is 1. The third-order valence-electron chi connectivity index (χ3n) is 6.06. The molecule has 1 aliphatic carbocycles. The van der Waals surface area contributed by atoms with Gasteiger partial charge in [-0.25, -0.2) is 8.78 Å². The number of nitrogens with one attached hydrogen (secondary N) is 2. The number of hydrogen-bond acceptors (Lipinski definition) is 3. The molecule has 2 amide bonds. The van der Waals surface area contributed by atoms with Crippen molar-refractivity contribution in [1.82, 2.24) is 5.32 Å². The maximum Gasteiger partial charge on any atom is 0.253 e. The van der Waals surface area contributed by atoms with Gasteiger partial charge in [-0.1, -0.05) is 6.42 Å². The van der Waals surface area contributed by atoms with Crippen molar-refractivity contribution in [2.24, 2.45) is 5.92 Å². The van der Waals surface area contributed by atoms with E-state index in [4.69, 9.17) is 0 Å². The largest absolute Gasteiger partial charge is 0.371 e. The molecular weight excluding hydrogens is 400 g/mol. The smallest absolute Gasteiger partial charge is 0.253 e. The second-order valence-corrected chi connectivity index (χ2v) is 8.36. The van der Waals surface area contributed by atoms with Gasteiger partial charge >= 0.3 is 0 Å². The Morgan fingerprint density at radius 2 is 1.65 bits per heavy atom. The van der Waals surface area contributed by atoms with E-state index in [-0.39, 0.29) is 24.3 Å². The molecule has 5 nitrogen and oxygen atoms in total. The number of amides is 2.